The molecule has 0 bridgehead atoms. The molecule has 2 atom stereocenters. The van der Waals surface area contributed by atoms with E-state index >= 15 is 0 Å². The van der Waals surface area contributed by atoms with Crippen LogP contribution in [0, 0.1) is 11.3 Å². The molecule has 0 aromatic carbocycles. The van der Waals surface area contributed by atoms with Gasteiger partial charge in [0.05, 0.1) is 13.2 Å². The number of hydrogen-bond acceptors (Lipinski definition) is 4. The fraction of sp³-hybridized carbons (Fsp3) is 0.684. The van der Waals surface area contributed by atoms with Crippen molar-refractivity contribution in [2.45, 2.75) is 46.3 Å². The zero-order chi connectivity index (χ0) is 18.3. The molecule has 2 unspecified atom stereocenters. The van der Waals surface area contributed by atoms with Crippen LogP contribution >= 0.6 is 24.0 Å². The molecule has 2 heterocycles. The molecule has 0 aliphatic carbocycles. The second kappa shape index (κ2) is 10.9. The van der Waals surface area contributed by atoms with Gasteiger partial charge in [0.15, 0.2) is 5.96 Å². The number of pyridine rings is 1. The van der Waals surface area contributed by atoms with Gasteiger partial charge in [-0.3, -0.25) is 4.99 Å². The van der Waals surface area contributed by atoms with Crippen molar-refractivity contribution in [3.05, 3.63) is 23.9 Å². The minimum Gasteiger partial charge on any atom is -0.481 e. The molecule has 0 amide bonds. The lowest BCUT2D eigenvalue weighted by molar-refractivity contribution is -0.0835. The van der Waals surface area contributed by atoms with Crippen molar-refractivity contribution in [3.8, 4) is 5.88 Å². The van der Waals surface area contributed by atoms with E-state index in [0.717, 1.165) is 31.1 Å². The molecule has 7 heteroatoms. The summed E-state index contributed by atoms with van der Waals surface area (Å²) >= 11 is 0. The van der Waals surface area contributed by atoms with Crippen molar-refractivity contribution < 1.29 is 9.47 Å². The lowest BCUT2D eigenvalue weighted by atomic mass is 9.78. The average molecular weight is 476 g/mol. The maximum atomic E-state index is 6.06. The van der Waals surface area contributed by atoms with E-state index in [9.17, 15) is 0 Å². The van der Waals surface area contributed by atoms with Gasteiger partial charge in [-0.25, -0.2) is 4.98 Å². The zero-order valence-electron chi connectivity index (χ0n) is 16.5. The number of halogens is 1. The van der Waals surface area contributed by atoms with Crippen molar-refractivity contribution >= 4 is 29.9 Å². The van der Waals surface area contributed by atoms with Gasteiger partial charge in [0, 0.05) is 44.4 Å². The zero-order valence-corrected chi connectivity index (χ0v) is 18.9. The molecule has 1 aliphatic heterocycles. The summed E-state index contributed by atoms with van der Waals surface area (Å²) in [7, 11) is 3.42. The highest BCUT2D eigenvalue weighted by Gasteiger charge is 2.35. The third-order valence-corrected chi connectivity index (χ3v) is 4.54. The number of aliphatic imine (C=N–C) groups is 1. The van der Waals surface area contributed by atoms with Gasteiger partial charge in [-0.05, 0) is 24.3 Å². The Bertz CT molecular complexity index is 575. The van der Waals surface area contributed by atoms with E-state index in [1.165, 1.54) is 6.42 Å². The van der Waals surface area contributed by atoms with Gasteiger partial charge >= 0.3 is 0 Å². The van der Waals surface area contributed by atoms with Gasteiger partial charge in [-0.1, -0.05) is 26.8 Å². The number of methoxy groups -OCH3 is 1. The summed E-state index contributed by atoms with van der Waals surface area (Å²) in [4.78, 5) is 8.54. The second-order valence-corrected chi connectivity index (χ2v) is 7.54. The Morgan fingerprint density at radius 2 is 2.15 bits per heavy atom. The summed E-state index contributed by atoms with van der Waals surface area (Å²) < 4.78 is 11.3. The van der Waals surface area contributed by atoms with Gasteiger partial charge in [0.2, 0.25) is 5.88 Å². The van der Waals surface area contributed by atoms with Gasteiger partial charge in [0.25, 0.3) is 0 Å². The first-order valence-corrected chi connectivity index (χ1v) is 8.99. The summed E-state index contributed by atoms with van der Waals surface area (Å²) in [5.41, 5.74) is 1.15. The van der Waals surface area contributed by atoms with E-state index in [-0.39, 0.29) is 35.5 Å². The summed E-state index contributed by atoms with van der Waals surface area (Å²) in [6, 6.07) is 3.90. The molecule has 1 aromatic heterocycles. The summed E-state index contributed by atoms with van der Waals surface area (Å²) in [6.45, 7) is 9.08. The van der Waals surface area contributed by atoms with E-state index in [2.05, 4.69) is 41.4 Å². The molecule has 2 N–H and O–H groups in total. The number of rotatable bonds is 5. The van der Waals surface area contributed by atoms with Crippen molar-refractivity contribution in [3.63, 3.8) is 0 Å². The minimum atomic E-state index is 0. The van der Waals surface area contributed by atoms with Crippen LogP contribution in [0.25, 0.3) is 0 Å². The molecule has 148 valence electrons. The fourth-order valence-corrected chi connectivity index (χ4v) is 3.38. The molecule has 1 fully saturated rings. The van der Waals surface area contributed by atoms with E-state index in [0.29, 0.717) is 18.3 Å². The average Bonchev–Trinajstić information content (AvgIpc) is 2.61. The van der Waals surface area contributed by atoms with Gasteiger partial charge < -0.3 is 20.1 Å². The van der Waals surface area contributed by atoms with Crippen LogP contribution in [0.5, 0.6) is 5.88 Å². The molecule has 0 radical (unpaired) electrons. The summed E-state index contributed by atoms with van der Waals surface area (Å²) in [6.07, 6.45) is 4.30. The van der Waals surface area contributed by atoms with Gasteiger partial charge in [-0.15, -0.1) is 24.0 Å². The van der Waals surface area contributed by atoms with Crippen LogP contribution < -0.4 is 15.4 Å². The highest BCUT2D eigenvalue weighted by molar-refractivity contribution is 14.0. The smallest absolute Gasteiger partial charge is 0.218 e. The molecule has 2 rings (SSSR count). The SMILES string of the molecule is CN=C(NCc1cccnc1OC)NCC1CCCOC1C(C)(C)C.I. The molecule has 6 nitrogen and oxygen atoms in total. The van der Waals surface area contributed by atoms with E-state index < -0.39 is 0 Å². The molecular weight excluding hydrogens is 443 g/mol. The number of hydrogen-bond donors (Lipinski definition) is 2. The molecule has 0 saturated carbocycles. The molecular formula is C19H33IN4O2. The predicted molar refractivity (Wildman–Crippen MR) is 116 cm³/mol. The van der Waals surface area contributed by atoms with Crippen LogP contribution in [-0.4, -0.2) is 44.4 Å². The first-order valence-electron chi connectivity index (χ1n) is 8.99. The highest BCUT2D eigenvalue weighted by atomic mass is 127. The van der Waals surface area contributed by atoms with Crippen LogP contribution in [0.1, 0.15) is 39.2 Å². The lowest BCUT2D eigenvalue weighted by Crippen LogP contribution is -2.47. The minimum absolute atomic E-state index is 0. The molecule has 1 aliphatic rings. The Balaban J connectivity index is 0.00000338. The van der Waals surface area contributed by atoms with Gasteiger partial charge in [-0.2, -0.15) is 0 Å². The molecule has 1 aromatic rings. The Morgan fingerprint density at radius 1 is 1.38 bits per heavy atom. The monoisotopic (exact) mass is 476 g/mol. The molecule has 0 spiro atoms. The number of ether oxygens (including phenoxy) is 2. The number of guanidine groups is 1. The maximum Gasteiger partial charge on any atom is 0.218 e. The second-order valence-electron chi connectivity index (χ2n) is 7.54. The Hall–Kier alpha value is -1.09. The first-order chi connectivity index (χ1) is 12.0. The van der Waals surface area contributed by atoms with Crippen LogP contribution in [-0.2, 0) is 11.3 Å². The molecule has 26 heavy (non-hydrogen) atoms. The Kier molecular flexibility index (Phi) is 9.63. The fourth-order valence-electron chi connectivity index (χ4n) is 3.38. The predicted octanol–water partition coefficient (Wildman–Crippen LogP) is 3.21. The van der Waals surface area contributed by atoms with E-state index in [4.69, 9.17) is 9.47 Å². The quantitative estimate of drug-likeness (QED) is 0.388. The topological polar surface area (TPSA) is 67.8 Å². The van der Waals surface area contributed by atoms with Crippen LogP contribution in [0.2, 0.25) is 0 Å². The lowest BCUT2D eigenvalue weighted by Gasteiger charge is -2.40. The van der Waals surface area contributed by atoms with Crippen LogP contribution in [0.15, 0.2) is 23.3 Å². The first kappa shape index (κ1) is 23.0. The van der Waals surface area contributed by atoms with Gasteiger partial charge in [0.1, 0.15) is 0 Å². The van der Waals surface area contributed by atoms with Crippen molar-refractivity contribution in [1.82, 2.24) is 15.6 Å². The largest absolute Gasteiger partial charge is 0.481 e. The normalized spacial score (nSPS) is 20.9. The van der Waals surface area contributed by atoms with Crippen molar-refractivity contribution in [2.24, 2.45) is 16.3 Å². The van der Waals surface area contributed by atoms with Crippen molar-refractivity contribution in [1.29, 1.82) is 0 Å². The third kappa shape index (κ3) is 6.57. The maximum absolute atomic E-state index is 6.06. The highest BCUT2D eigenvalue weighted by Crippen LogP contribution is 2.33. The summed E-state index contributed by atoms with van der Waals surface area (Å²) in [5.74, 6) is 1.91. The third-order valence-electron chi connectivity index (χ3n) is 4.54. The van der Waals surface area contributed by atoms with E-state index in [1.54, 1.807) is 20.4 Å². The van der Waals surface area contributed by atoms with Crippen LogP contribution in [0.3, 0.4) is 0 Å². The number of nitrogens with zero attached hydrogens (tertiary/aromatic N) is 2. The Morgan fingerprint density at radius 3 is 2.81 bits per heavy atom. The number of aromatic nitrogens is 1. The van der Waals surface area contributed by atoms with E-state index in [1.807, 2.05) is 12.1 Å². The standard InChI is InChI=1S/C19H32N4O2.HI/c1-19(2,3)16-14(9-7-11-25-16)12-22-18(20-4)23-13-15-8-6-10-21-17(15)24-5;/h6,8,10,14,16H,7,9,11-13H2,1-5H3,(H2,20,22,23);1H. The Labute approximate surface area is 174 Å². The van der Waals surface area contributed by atoms with Crippen LogP contribution in [0.4, 0.5) is 0 Å². The number of nitrogens with one attached hydrogen (secondary N) is 2. The molecule has 1 saturated heterocycles. The summed E-state index contributed by atoms with van der Waals surface area (Å²) in [5, 5.41) is 6.78. The van der Waals surface area contributed by atoms with Crippen molar-refractivity contribution in [2.75, 3.05) is 27.3 Å².